The van der Waals surface area contributed by atoms with E-state index in [2.05, 4.69) is 51.3 Å². The number of aliphatic hydroxyl groups excluding tert-OH is 1. The zero-order valence-corrected chi connectivity index (χ0v) is 41.8. The van der Waals surface area contributed by atoms with Crippen molar-refractivity contribution in [1.82, 2.24) is 10.6 Å². The van der Waals surface area contributed by atoms with Gasteiger partial charge in [-0.1, -0.05) is 127 Å². The van der Waals surface area contributed by atoms with Crippen LogP contribution in [-0.2, 0) is 14.3 Å². The molecular weight excluding hydrogens is 837 g/mol. The molecule has 4 aliphatic rings. The Morgan fingerprint density at radius 1 is 0.761 bits per heavy atom. The van der Waals surface area contributed by atoms with Gasteiger partial charge in [0, 0.05) is 19.4 Å². The second kappa shape index (κ2) is 23.3. The summed E-state index contributed by atoms with van der Waals surface area (Å²) in [4.78, 5) is 26.5. The second-order valence-corrected chi connectivity index (χ2v) is 21.5. The summed E-state index contributed by atoms with van der Waals surface area (Å²) in [5, 5.41) is 16.8. The minimum Gasteiger partial charge on any atom is -0.497 e. The third-order valence-corrected chi connectivity index (χ3v) is 17.0. The van der Waals surface area contributed by atoms with Gasteiger partial charge < -0.3 is 34.7 Å². The van der Waals surface area contributed by atoms with Gasteiger partial charge in [0.05, 0.1) is 26.9 Å². The van der Waals surface area contributed by atoms with Gasteiger partial charge in [-0.05, 0) is 145 Å². The van der Waals surface area contributed by atoms with Crippen LogP contribution in [0.15, 0.2) is 90.5 Å². The molecule has 0 radical (unpaired) electrons. The fourth-order valence-corrected chi connectivity index (χ4v) is 13.3. The number of unbranched alkanes of at least 4 members (excludes halogenated alkanes) is 2. The summed E-state index contributed by atoms with van der Waals surface area (Å²) < 4.78 is 23.8. The van der Waals surface area contributed by atoms with Crippen molar-refractivity contribution in [3.05, 3.63) is 107 Å². The van der Waals surface area contributed by atoms with Crippen LogP contribution in [0.3, 0.4) is 0 Å². The molecule has 0 bridgehead atoms. The largest absolute Gasteiger partial charge is 0.497 e. The van der Waals surface area contributed by atoms with E-state index in [1.165, 1.54) is 56.9 Å². The molecule has 0 aliphatic heterocycles. The molecule has 10 atom stereocenters. The topological polar surface area (TPSA) is 115 Å². The van der Waals surface area contributed by atoms with Crippen LogP contribution in [-0.4, -0.2) is 56.6 Å². The normalized spacial score (nSPS) is 26.9. The number of hydrogen-bond donors (Lipinski definition) is 3. The molecule has 7 rings (SSSR count). The van der Waals surface area contributed by atoms with Crippen molar-refractivity contribution in [3.63, 3.8) is 0 Å². The molecule has 3 N–H and O–H groups in total. The van der Waals surface area contributed by atoms with E-state index in [-0.39, 0.29) is 30.1 Å². The lowest BCUT2D eigenvalue weighted by Gasteiger charge is -2.58. The zero-order valence-electron chi connectivity index (χ0n) is 41.8. The molecule has 3 fully saturated rings. The molecule has 0 heterocycles. The van der Waals surface area contributed by atoms with Crippen LogP contribution >= 0.6 is 0 Å². The summed E-state index contributed by atoms with van der Waals surface area (Å²) in [6, 6.07) is 24.4. The van der Waals surface area contributed by atoms with Crippen molar-refractivity contribution < 1.29 is 33.6 Å². The fraction of sp³-hybridized carbons (Fsp3) is 0.621. The van der Waals surface area contributed by atoms with Crippen molar-refractivity contribution in [3.8, 4) is 11.5 Å². The number of rotatable bonds is 22. The summed E-state index contributed by atoms with van der Waals surface area (Å²) in [7, 11) is 3.27. The maximum Gasteiger partial charge on any atom is 0.407 e. The van der Waals surface area contributed by atoms with Gasteiger partial charge in [0.25, 0.3) is 0 Å². The average Bonchev–Trinajstić information content (AvgIpc) is 3.70. The van der Waals surface area contributed by atoms with E-state index in [9.17, 15) is 14.7 Å². The average molecular weight is 919 g/mol. The van der Waals surface area contributed by atoms with Crippen LogP contribution in [0.2, 0.25) is 0 Å². The molecule has 3 aromatic rings. The Labute approximate surface area is 402 Å². The van der Waals surface area contributed by atoms with Gasteiger partial charge >= 0.3 is 6.09 Å². The van der Waals surface area contributed by atoms with Crippen LogP contribution in [0.5, 0.6) is 11.5 Å². The molecule has 3 aromatic carbocycles. The summed E-state index contributed by atoms with van der Waals surface area (Å²) in [6.45, 7) is 12.7. The summed E-state index contributed by atoms with van der Waals surface area (Å²) in [5.74, 6) is 6.17. The number of fused-ring (bicyclic) bond motifs is 5. The molecular formula is C58H82N2O7. The first-order valence-electron chi connectivity index (χ1n) is 25.9. The predicted octanol–water partition coefficient (Wildman–Crippen LogP) is 12.7. The van der Waals surface area contributed by atoms with E-state index in [1.807, 2.05) is 78.9 Å². The summed E-state index contributed by atoms with van der Waals surface area (Å²) >= 11 is 0. The van der Waals surface area contributed by atoms with Gasteiger partial charge in [-0.15, -0.1) is 0 Å². The molecule has 0 saturated heterocycles. The number of methoxy groups -OCH3 is 2. The van der Waals surface area contributed by atoms with E-state index in [4.69, 9.17) is 18.9 Å². The quantitative estimate of drug-likeness (QED) is 0.0679. The number of carbonyl (C=O) groups excluding carboxylic acids is 2. The van der Waals surface area contributed by atoms with E-state index in [1.54, 1.807) is 14.2 Å². The highest BCUT2D eigenvalue weighted by molar-refractivity contribution is 5.76. The molecule has 9 nitrogen and oxygen atoms in total. The number of amides is 2. The van der Waals surface area contributed by atoms with Crippen molar-refractivity contribution in [2.24, 2.45) is 46.3 Å². The van der Waals surface area contributed by atoms with E-state index in [0.29, 0.717) is 24.8 Å². The van der Waals surface area contributed by atoms with Gasteiger partial charge in [-0.2, -0.15) is 0 Å². The molecule has 366 valence electrons. The highest BCUT2D eigenvalue weighted by Crippen LogP contribution is 2.67. The molecule has 3 saturated carbocycles. The maximum atomic E-state index is 13.4. The number of nitrogens with one attached hydrogen (secondary N) is 2. The molecule has 10 unspecified atom stereocenters. The predicted molar refractivity (Wildman–Crippen MR) is 267 cm³/mol. The Balaban J connectivity index is 0.859. The lowest BCUT2D eigenvalue weighted by atomic mass is 9.47. The van der Waals surface area contributed by atoms with Gasteiger partial charge in [-0.3, -0.25) is 4.79 Å². The fourth-order valence-electron chi connectivity index (χ4n) is 13.3. The Morgan fingerprint density at radius 3 is 2.09 bits per heavy atom. The maximum absolute atomic E-state index is 13.4. The Kier molecular flexibility index (Phi) is 17.6. The molecule has 67 heavy (non-hydrogen) atoms. The van der Waals surface area contributed by atoms with Gasteiger partial charge in [0.2, 0.25) is 5.91 Å². The third kappa shape index (κ3) is 12.1. The van der Waals surface area contributed by atoms with E-state index < -0.39 is 18.2 Å². The minimum atomic E-state index is -0.703. The second-order valence-electron chi connectivity index (χ2n) is 21.5. The summed E-state index contributed by atoms with van der Waals surface area (Å²) in [5.41, 5.74) is 4.88. The van der Waals surface area contributed by atoms with E-state index >= 15 is 0 Å². The number of aliphatic hydroxyl groups is 1. The Bertz CT molecular complexity index is 2010. The molecule has 2 amide bonds. The standard InChI is InChI=1S/C58H82N2O7/c1-39(2)15-14-16-40(3)49-30-31-50-48-29-24-44-37-47(32-34-57(44,4)51(48)33-35-58(49,50)5)66-56(63)59-36-13-9-12-19-53(62)60-52(38-61)55(41-17-10-8-11-18-41)67-54(42-20-25-45(64-6)26-21-42)43-22-27-46(65-7)28-23-43/h8,10-11,17-18,20-28,39-40,47-52,54-55,61H,9,12-16,19,29-38H2,1-7H3,(H,59,63)(H,60,62). The SMILES string of the molecule is COc1ccc(C(OC(c2ccccc2)C(CO)NC(=O)CCCCCNC(=O)OC2CCC3(C)C(=CCC4C3CCC3(C)C(C(C)CCCC(C)C)CCC43)C2)c2ccc(OC)cc2)cc1. The number of allylic oxidation sites excluding steroid dienone is 1. The van der Waals surface area contributed by atoms with Crippen molar-refractivity contribution in [2.75, 3.05) is 27.4 Å². The zero-order chi connectivity index (χ0) is 47.6. The lowest BCUT2D eigenvalue weighted by Crippen LogP contribution is -2.51. The van der Waals surface area contributed by atoms with Crippen LogP contribution in [0.4, 0.5) is 4.79 Å². The number of ether oxygens (including phenoxy) is 4. The number of benzene rings is 3. The highest BCUT2D eigenvalue weighted by atomic mass is 16.6. The van der Waals surface area contributed by atoms with Gasteiger partial charge in [0.15, 0.2) is 0 Å². The smallest absolute Gasteiger partial charge is 0.407 e. The third-order valence-electron chi connectivity index (χ3n) is 17.0. The first-order chi connectivity index (χ1) is 32.4. The van der Waals surface area contributed by atoms with Crippen LogP contribution in [0, 0.1) is 46.3 Å². The minimum absolute atomic E-state index is 0.0816. The highest BCUT2D eigenvalue weighted by Gasteiger charge is 2.59. The van der Waals surface area contributed by atoms with Crippen molar-refractivity contribution in [1.29, 1.82) is 0 Å². The van der Waals surface area contributed by atoms with Gasteiger partial charge in [-0.25, -0.2) is 4.79 Å². The number of hydrogen-bond acceptors (Lipinski definition) is 7. The van der Waals surface area contributed by atoms with Gasteiger partial charge in [0.1, 0.15) is 29.8 Å². The lowest BCUT2D eigenvalue weighted by molar-refractivity contribution is -0.124. The Hall–Kier alpha value is -4.34. The van der Waals surface area contributed by atoms with Crippen LogP contribution in [0.1, 0.15) is 160 Å². The molecule has 9 heteroatoms. The first kappa shape index (κ1) is 50.5. The summed E-state index contributed by atoms with van der Waals surface area (Å²) in [6.07, 6.45) is 17.1. The van der Waals surface area contributed by atoms with Crippen LogP contribution in [0.25, 0.3) is 0 Å². The molecule has 4 aliphatic carbocycles. The molecule has 0 aromatic heterocycles. The van der Waals surface area contributed by atoms with Crippen molar-refractivity contribution >= 4 is 12.0 Å². The van der Waals surface area contributed by atoms with E-state index in [0.717, 1.165) is 95.8 Å². The van der Waals surface area contributed by atoms with Crippen molar-refractivity contribution in [2.45, 2.75) is 155 Å². The van der Waals surface area contributed by atoms with Crippen LogP contribution < -0.4 is 20.1 Å². The first-order valence-corrected chi connectivity index (χ1v) is 25.9. The number of carbonyl (C=O) groups is 2. The number of alkyl carbamates (subject to hydrolysis) is 1. The Morgan fingerprint density at radius 2 is 1.45 bits per heavy atom. The molecule has 0 spiro atoms. The monoisotopic (exact) mass is 919 g/mol.